The minimum absolute atomic E-state index is 0.144. The van der Waals surface area contributed by atoms with Gasteiger partial charge in [0.15, 0.2) is 15.6 Å². The number of nitrogens with two attached hydrogens (primary N) is 1. The number of halogens is 1. The lowest BCUT2D eigenvalue weighted by molar-refractivity contribution is -0.177. The third kappa shape index (κ3) is 2.59. The highest BCUT2D eigenvalue weighted by molar-refractivity contribution is 7.92. The molecule has 2 N–H and O–H groups in total. The first kappa shape index (κ1) is 14.9. The number of hydrogen-bond donors (Lipinski definition) is 1. The van der Waals surface area contributed by atoms with Gasteiger partial charge in [0.2, 0.25) is 0 Å². The average Bonchev–Trinajstić information content (AvgIpc) is 2.90. The molecule has 5 nitrogen and oxygen atoms in total. The van der Waals surface area contributed by atoms with Crippen molar-refractivity contribution in [3.05, 3.63) is 30.1 Å². The predicted molar refractivity (Wildman–Crippen MR) is 73.8 cm³/mol. The van der Waals surface area contributed by atoms with Crippen LogP contribution in [0.3, 0.4) is 0 Å². The Labute approximate surface area is 123 Å². The normalized spacial score (nSPS) is 28.9. The van der Waals surface area contributed by atoms with Crippen molar-refractivity contribution in [1.29, 1.82) is 0 Å². The molecule has 2 fully saturated rings. The van der Waals surface area contributed by atoms with Crippen molar-refractivity contribution in [2.45, 2.75) is 41.2 Å². The third-order valence-electron chi connectivity index (χ3n) is 4.20. The van der Waals surface area contributed by atoms with Crippen molar-refractivity contribution in [1.82, 2.24) is 0 Å². The quantitative estimate of drug-likeness (QED) is 0.888. The maximum absolute atomic E-state index is 13.9. The lowest BCUT2D eigenvalue weighted by Gasteiger charge is -2.39. The van der Waals surface area contributed by atoms with Crippen molar-refractivity contribution in [3.63, 3.8) is 0 Å². The molecule has 2 unspecified atom stereocenters. The maximum Gasteiger partial charge on any atom is 0.185 e. The molecule has 0 amide bonds. The van der Waals surface area contributed by atoms with Gasteiger partial charge in [-0.25, -0.2) is 12.8 Å². The summed E-state index contributed by atoms with van der Waals surface area (Å²) in [7, 11) is -3.87. The molecule has 21 heavy (non-hydrogen) atoms. The van der Waals surface area contributed by atoms with E-state index in [1.54, 1.807) is 0 Å². The van der Waals surface area contributed by atoms with Gasteiger partial charge in [-0.2, -0.15) is 0 Å². The van der Waals surface area contributed by atoms with E-state index in [1.807, 2.05) is 0 Å². The number of sulfone groups is 1. The molecule has 0 radical (unpaired) electrons. The number of benzene rings is 1. The van der Waals surface area contributed by atoms with E-state index in [0.29, 0.717) is 26.1 Å². The average molecular weight is 315 g/mol. The summed E-state index contributed by atoms with van der Waals surface area (Å²) < 4.78 is 50.5. The van der Waals surface area contributed by atoms with E-state index >= 15 is 0 Å². The van der Waals surface area contributed by atoms with Crippen LogP contribution in [0.1, 0.15) is 19.3 Å². The van der Waals surface area contributed by atoms with Gasteiger partial charge in [0.1, 0.15) is 10.7 Å². The molecule has 1 aromatic carbocycles. The Balaban J connectivity index is 1.95. The second-order valence-corrected chi connectivity index (χ2v) is 7.66. The largest absolute Gasteiger partial charge is 0.347 e. The first-order valence-electron chi connectivity index (χ1n) is 6.97. The Bertz CT molecular complexity index is 628. The van der Waals surface area contributed by atoms with Crippen LogP contribution in [0.4, 0.5) is 4.39 Å². The van der Waals surface area contributed by atoms with E-state index in [9.17, 15) is 12.8 Å². The van der Waals surface area contributed by atoms with Crippen LogP contribution in [-0.4, -0.2) is 38.7 Å². The molecule has 3 rings (SSSR count). The molecule has 1 aliphatic carbocycles. The van der Waals surface area contributed by atoms with Crippen molar-refractivity contribution < 1.29 is 22.3 Å². The van der Waals surface area contributed by atoms with Crippen LogP contribution >= 0.6 is 0 Å². The molecule has 1 saturated heterocycles. The molecule has 7 heteroatoms. The van der Waals surface area contributed by atoms with Gasteiger partial charge >= 0.3 is 0 Å². The highest BCUT2D eigenvalue weighted by atomic mass is 32.2. The molecule has 1 spiro atoms. The molecule has 1 saturated carbocycles. The summed E-state index contributed by atoms with van der Waals surface area (Å²) in [4.78, 5) is -0.305. The fourth-order valence-corrected chi connectivity index (χ4v) is 5.07. The zero-order valence-electron chi connectivity index (χ0n) is 11.5. The highest BCUT2D eigenvalue weighted by Gasteiger charge is 2.49. The number of rotatable bonds is 2. The Hall–Kier alpha value is -1.02. The van der Waals surface area contributed by atoms with Gasteiger partial charge in [-0.15, -0.1) is 0 Å². The predicted octanol–water partition coefficient (Wildman–Crippen LogP) is 1.22. The molecule has 0 bridgehead atoms. The van der Waals surface area contributed by atoms with E-state index in [0.717, 1.165) is 6.07 Å². The van der Waals surface area contributed by atoms with Crippen LogP contribution in [-0.2, 0) is 19.3 Å². The second-order valence-electron chi connectivity index (χ2n) is 5.53. The van der Waals surface area contributed by atoms with Gasteiger partial charge in [0.25, 0.3) is 0 Å². The van der Waals surface area contributed by atoms with E-state index < -0.39 is 32.7 Å². The number of hydrogen-bond acceptors (Lipinski definition) is 5. The fraction of sp³-hybridized carbons (Fsp3) is 0.571. The summed E-state index contributed by atoms with van der Waals surface area (Å²) in [6.45, 7) is 0.892. The fourth-order valence-electron chi connectivity index (χ4n) is 3.07. The van der Waals surface area contributed by atoms with Crippen LogP contribution < -0.4 is 5.73 Å². The molecule has 1 aromatic rings. The lowest BCUT2D eigenvalue weighted by Crippen LogP contribution is -2.52. The smallest absolute Gasteiger partial charge is 0.185 e. The zero-order valence-corrected chi connectivity index (χ0v) is 12.3. The van der Waals surface area contributed by atoms with Gasteiger partial charge in [-0.3, -0.25) is 0 Å². The topological polar surface area (TPSA) is 78.6 Å². The summed E-state index contributed by atoms with van der Waals surface area (Å²) in [5.41, 5.74) is 5.99. The summed E-state index contributed by atoms with van der Waals surface area (Å²) in [5.74, 6) is -1.63. The molecule has 2 atom stereocenters. The van der Waals surface area contributed by atoms with E-state index in [2.05, 4.69) is 0 Å². The van der Waals surface area contributed by atoms with Crippen molar-refractivity contribution in [2.75, 3.05) is 13.2 Å². The van der Waals surface area contributed by atoms with Crippen molar-refractivity contribution in [2.24, 2.45) is 5.73 Å². The van der Waals surface area contributed by atoms with Gasteiger partial charge in [0.05, 0.1) is 18.5 Å². The first-order chi connectivity index (χ1) is 9.95. The second kappa shape index (κ2) is 5.31. The molecule has 1 aliphatic heterocycles. The standard InChI is InChI=1S/C14H18FNO4S/c15-10-3-1-2-4-12(10)21(17,18)13-9-14(6-5-11(13)16)19-7-8-20-14/h1-4,11,13H,5-9,16H2. The Morgan fingerprint density at radius 1 is 1.24 bits per heavy atom. The first-order valence-corrected chi connectivity index (χ1v) is 8.51. The third-order valence-corrected chi connectivity index (χ3v) is 6.46. The monoisotopic (exact) mass is 315 g/mol. The molecule has 116 valence electrons. The van der Waals surface area contributed by atoms with E-state index in [-0.39, 0.29) is 11.3 Å². The Morgan fingerprint density at radius 2 is 1.90 bits per heavy atom. The Kier molecular flexibility index (Phi) is 3.77. The molecule has 2 aliphatic rings. The van der Waals surface area contributed by atoms with Gasteiger partial charge in [-0.05, 0) is 18.6 Å². The molecular weight excluding hydrogens is 297 g/mol. The van der Waals surface area contributed by atoms with E-state index in [1.165, 1.54) is 18.2 Å². The summed E-state index contributed by atoms with van der Waals surface area (Å²) in [6, 6.07) is 4.82. The van der Waals surface area contributed by atoms with Gasteiger partial charge in [0, 0.05) is 18.9 Å². The summed E-state index contributed by atoms with van der Waals surface area (Å²) in [6.07, 6.45) is 1.18. The minimum Gasteiger partial charge on any atom is -0.347 e. The highest BCUT2D eigenvalue weighted by Crippen LogP contribution is 2.39. The molecular formula is C14H18FNO4S. The van der Waals surface area contributed by atoms with E-state index in [4.69, 9.17) is 15.2 Å². The maximum atomic E-state index is 13.9. The number of ether oxygens (including phenoxy) is 2. The SMILES string of the molecule is NC1CCC2(CC1S(=O)(=O)c1ccccc1F)OCCO2. The lowest BCUT2D eigenvalue weighted by atomic mass is 9.90. The van der Waals surface area contributed by atoms with Crippen LogP contribution in [0.2, 0.25) is 0 Å². The van der Waals surface area contributed by atoms with Crippen molar-refractivity contribution >= 4 is 9.84 Å². The summed E-state index contributed by atoms with van der Waals surface area (Å²) in [5, 5.41) is -0.902. The van der Waals surface area contributed by atoms with Crippen LogP contribution in [0.15, 0.2) is 29.2 Å². The Morgan fingerprint density at radius 3 is 2.57 bits per heavy atom. The van der Waals surface area contributed by atoms with Crippen LogP contribution in [0.25, 0.3) is 0 Å². The zero-order chi connectivity index (χ0) is 15.1. The molecule has 1 heterocycles. The van der Waals surface area contributed by atoms with Gasteiger partial charge in [-0.1, -0.05) is 12.1 Å². The minimum atomic E-state index is -3.87. The van der Waals surface area contributed by atoms with Crippen LogP contribution in [0.5, 0.6) is 0 Å². The summed E-state index contributed by atoms with van der Waals surface area (Å²) >= 11 is 0. The van der Waals surface area contributed by atoms with Crippen LogP contribution in [0, 0.1) is 5.82 Å². The van der Waals surface area contributed by atoms with Gasteiger partial charge < -0.3 is 15.2 Å². The molecule has 0 aromatic heterocycles. The van der Waals surface area contributed by atoms with Crippen molar-refractivity contribution in [3.8, 4) is 0 Å².